The Hall–Kier alpha value is -1.66. The molecule has 106 valence electrons. The Balaban J connectivity index is 2.49. The zero-order valence-electron chi connectivity index (χ0n) is 10.8. The van der Waals surface area contributed by atoms with Gasteiger partial charge in [0.1, 0.15) is 0 Å². The lowest BCUT2D eigenvalue weighted by atomic mass is 10.4. The van der Waals surface area contributed by atoms with E-state index < -0.39 is 24.3 Å². The highest BCUT2D eigenvalue weighted by Gasteiger charge is 2.35. The van der Waals surface area contributed by atoms with E-state index in [1.165, 1.54) is 31.2 Å². The van der Waals surface area contributed by atoms with Gasteiger partial charge in [-0.15, -0.1) is 0 Å². The molecule has 0 saturated carbocycles. The van der Waals surface area contributed by atoms with E-state index in [9.17, 15) is 16.8 Å². The second-order valence-electron chi connectivity index (χ2n) is 4.28. The van der Waals surface area contributed by atoms with Crippen LogP contribution < -0.4 is 0 Å². The molecule has 0 spiro atoms. The summed E-state index contributed by atoms with van der Waals surface area (Å²) < 4.78 is 48.0. The van der Waals surface area contributed by atoms with Gasteiger partial charge in [-0.1, -0.05) is 36.4 Å². The molecule has 0 fully saturated rings. The van der Waals surface area contributed by atoms with Crippen molar-refractivity contribution in [1.82, 2.24) is 0 Å². The molecule has 0 unspecified atom stereocenters. The molecular weight excluding hydrogens is 296 g/mol. The second-order valence-corrected chi connectivity index (χ2v) is 9.12. The van der Waals surface area contributed by atoms with Gasteiger partial charge in [0, 0.05) is 0 Å². The maximum absolute atomic E-state index is 12.4. The van der Waals surface area contributed by atoms with Gasteiger partial charge in [-0.2, -0.15) is 0 Å². The molecule has 20 heavy (non-hydrogen) atoms. The molecule has 2 aromatic rings. The fourth-order valence-electron chi connectivity index (χ4n) is 1.77. The van der Waals surface area contributed by atoms with Crippen LogP contribution in [0.1, 0.15) is 6.92 Å². The summed E-state index contributed by atoms with van der Waals surface area (Å²) in [5.41, 5.74) is 0. The van der Waals surface area contributed by atoms with E-state index in [0.29, 0.717) is 0 Å². The Morgan fingerprint density at radius 2 is 0.950 bits per heavy atom. The Morgan fingerprint density at radius 3 is 1.25 bits per heavy atom. The van der Waals surface area contributed by atoms with E-state index in [1.54, 1.807) is 36.4 Å². The summed E-state index contributed by atoms with van der Waals surface area (Å²) in [4.78, 5) is 0.0130. The van der Waals surface area contributed by atoms with Gasteiger partial charge in [0.25, 0.3) is 0 Å². The van der Waals surface area contributed by atoms with Crippen LogP contribution in [0, 0.1) is 0 Å². The summed E-state index contributed by atoms with van der Waals surface area (Å²) in [7, 11) is -7.87. The molecule has 2 aromatic carbocycles. The highest BCUT2D eigenvalue weighted by atomic mass is 32.3. The number of hydrogen-bond donors (Lipinski definition) is 0. The zero-order valence-corrected chi connectivity index (χ0v) is 12.4. The lowest BCUT2D eigenvalue weighted by Crippen LogP contribution is -2.27. The third kappa shape index (κ3) is 2.62. The summed E-state index contributed by atoms with van der Waals surface area (Å²) in [5, 5.41) is 0. The fourth-order valence-corrected chi connectivity index (χ4v) is 5.61. The quantitative estimate of drug-likeness (QED) is 0.869. The third-order valence-corrected chi connectivity index (χ3v) is 8.14. The molecule has 0 aliphatic carbocycles. The summed E-state index contributed by atoms with van der Waals surface area (Å²) in [6.07, 6.45) is 0. The van der Waals surface area contributed by atoms with E-state index in [-0.39, 0.29) is 9.79 Å². The molecule has 0 amide bonds. The summed E-state index contributed by atoms with van der Waals surface area (Å²) in [6.45, 7) is 1.20. The molecule has 0 N–H and O–H groups in total. The van der Waals surface area contributed by atoms with Crippen molar-refractivity contribution in [2.75, 3.05) is 0 Å². The van der Waals surface area contributed by atoms with Gasteiger partial charge in [-0.25, -0.2) is 16.8 Å². The molecule has 0 atom stereocenters. The molecular formula is C14H14O4S2. The highest BCUT2D eigenvalue weighted by molar-refractivity contribution is 8.09. The molecule has 4 nitrogen and oxygen atoms in total. The molecule has 6 heteroatoms. The van der Waals surface area contributed by atoms with Crippen LogP contribution in [-0.4, -0.2) is 21.4 Å². The molecule has 0 aliphatic rings. The lowest BCUT2D eigenvalue weighted by Gasteiger charge is -2.14. The van der Waals surface area contributed by atoms with Crippen LogP contribution in [-0.2, 0) is 19.7 Å². The Morgan fingerprint density at radius 1 is 0.650 bits per heavy atom. The molecule has 0 heterocycles. The molecule has 0 aliphatic heterocycles. The molecule has 2 rings (SSSR count). The average Bonchev–Trinajstić information content (AvgIpc) is 2.48. The van der Waals surface area contributed by atoms with E-state index in [1.807, 2.05) is 0 Å². The predicted molar refractivity (Wildman–Crippen MR) is 76.7 cm³/mol. The first-order chi connectivity index (χ1) is 9.37. The predicted octanol–water partition coefficient (Wildman–Crippen LogP) is 2.28. The van der Waals surface area contributed by atoms with Crippen LogP contribution in [0.4, 0.5) is 0 Å². The molecule has 0 aromatic heterocycles. The number of hydrogen-bond acceptors (Lipinski definition) is 4. The third-order valence-electron chi connectivity index (χ3n) is 3.02. The summed E-state index contributed by atoms with van der Waals surface area (Å²) in [6, 6.07) is 15.2. The maximum atomic E-state index is 12.4. The smallest absolute Gasteiger partial charge is 0.195 e. The van der Waals surface area contributed by atoms with E-state index in [0.717, 1.165) is 0 Å². The van der Waals surface area contributed by atoms with E-state index in [4.69, 9.17) is 0 Å². The zero-order chi connectivity index (χ0) is 14.8. The first-order valence-electron chi connectivity index (χ1n) is 5.95. The number of sulfone groups is 2. The van der Waals surface area contributed by atoms with Crippen molar-refractivity contribution in [3.05, 3.63) is 60.7 Å². The van der Waals surface area contributed by atoms with Crippen molar-refractivity contribution in [3.8, 4) is 0 Å². The largest absolute Gasteiger partial charge is 0.222 e. The van der Waals surface area contributed by atoms with Crippen molar-refractivity contribution in [1.29, 1.82) is 0 Å². The van der Waals surface area contributed by atoms with Crippen LogP contribution in [0.3, 0.4) is 0 Å². The first kappa shape index (κ1) is 14.7. The van der Waals surface area contributed by atoms with Gasteiger partial charge in [0.15, 0.2) is 24.3 Å². The minimum Gasteiger partial charge on any atom is -0.222 e. The van der Waals surface area contributed by atoms with Crippen LogP contribution in [0.15, 0.2) is 70.5 Å². The fraction of sp³-hybridized carbons (Fsp3) is 0.143. The Labute approximate surface area is 118 Å². The van der Waals surface area contributed by atoms with Crippen LogP contribution in [0.2, 0.25) is 0 Å². The summed E-state index contributed by atoms with van der Waals surface area (Å²) in [5.74, 6) is 0. The van der Waals surface area contributed by atoms with Crippen LogP contribution in [0.5, 0.6) is 0 Å². The van der Waals surface area contributed by atoms with Crippen molar-refractivity contribution in [2.45, 2.75) is 21.3 Å². The minimum absolute atomic E-state index is 0.00649. The monoisotopic (exact) mass is 310 g/mol. The standard InChI is InChI=1S/C14H14O4S2/c1-12(19(15,16)13-8-4-2-5-9-13)20(17,18)14-10-6-3-7-11-14/h2-12H,1H3. The Bertz CT molecular complexity index is 710. The lowest BCUT2D eigenvalue weighted by molar-refractivity contribution is 0.577. The first-order valence-corrected chi connectivity index (χ1v) is 9.04. The number of benzene rings is 2. The van der Waals surface area contributed by atoms with Crippen molar-refractivity contribution >= 4 is 19.7 Å². The van der Waals surface area contributed by atoms with Gasteiger partial charge < -0.3 is 0 Å². The van der Waals surface area contributed by atoms with Crippen molar-refractivity contribution in [2.24, 2.45) is 0 Å². The SMILES string of the molecule is CC(S(=O)(=O)c1ccccc1)S(=O)(=O)c1ccccc1. The van der Waals surface area contributed by atoms with Gasteiger partial charge >= 0.3 is 0 Å². The Kier molecular flexibility index (Phi) is 3.96. The average molecular weight is 310 g/mol. The normalized spacial score (nSPS) is 12.5. The van der Waals surface area contributed by atoms with Gasteiger partial charge in [0.05, 0.1) is 9.79 Å². The van der Waals surface area contributed by atoms with Gasteiger partial charge in [-0.05, 0) is 31.2 Å². The van der Waals surface area contributed by atoms with E-state index in [2.05, 4.69) is 0 Å². The van der Waals surface area contributed by atoms with E-state index >= 15 is 0 Å². The van der Waals surface area contributed by atoms with Crippen LogP contribution >= 0.6 is 0 Å². The molecule has 0 bridgehead atoms. The topological polar surface area (TPSA) is 68.3 Å². The van der Waals surface area contributed by atoms with Crippen molar-refractivity contribution in [3.63, 3.8) is 0 Å². The minimum atomic E-state index is -3.93. The number of rotatable bonds is 4. The summed E-state index contributed by atoms with van der Waals surface area (Å²) >= 11 is 0. The highest BCUT2D eigenvalue weighted by Crippen LogP contribution is 2.24. The van der Waals surface area contributed by atoms with Gasteiger partial charge in [0.2, 0.25) is 0 Å². The molecule has 0 radical (unpaired) electrons. The van der Waals surface area contributed by atoms with Crippen molar-refractivity contribution < 1.29 is 16.8 Å². The maximum Gasteiger partial charge on any atom is 0.195 e. The van der Waals surface area contributed by atoms with Crippen LogP contribution in [0.25, 0.3) is 0 Å². The van der Waals surface area contributed by atoms with Gasteiger partial charge in [-0.3, -0.25) is 0 Å². The second kappa shape index (κ2) is 5.38. The molecule has 0 saturated heterocycles.